The summed E-state index contributed by atoms with van der Waals surface area (Å²) < 4.78 is 81.0. The Bertz CT molecular complexity index is 1450. The van der Waals surface area contributed by atoms with Gasteiger partial charge in [0, 0.05) is 18.2 Å². The highest BCUT2D eigenvalue weighted by molar-refractivity contribution is 6.03. The molecule has 1 N–H and O–H groups in total. The van der Waals surface area contributed by atoms with E-state index in [-0.39, 0.29) is 29.6 Å². The number of fused-ring (bicyclic) bond motifs is 2. The van der Waals surface area contributed by atoms with Crippen molar-refractivity contribution in [2.24, 2.45) is 0 Å². The molecule has 0 fully saturated rings. The van der Waals surface area contributed by atoms with E-state index in [2.05, 4.69) is 5.32 Å². The Kier molecular flexibility index (Phi) is 5.65. The number of anilines is 5. The number of alkyl halides is 6. The second-order valence-corrected chi connectivity index (χ2v) is 7.50. The molecule has 0 atom stereocenters. The molecule has 37 heavy (non-hydrogen) atoms. The van der Waals surface area contributed by atoms with Crippen LogP contribution in [0.25, 0.3) is 0 Å². The summed E-state index contributed by atoms with van der Waals surface area (Å²) >= 11 is 0. The normalized spacial score (nSPS) is 12.9. The van der Waals surface area contributed by atoms with Crippen LogP contribution in [-0.2, 0) is 12.4 Å². The van der Waals surface area contributed by atoms with Gasteiger partial charge in [-0.2, -0.15) is 26.3 Å². The van der Waals surface area contributed by atoms with Crippen LogP contribution in [0.1, 0.15) is 11.1 Å². The second-order valence-electron chi connectivity index (χ2n) is 7.50. The summed E-state index contributed by atoms with van der Waals surface area (Å²) in [6, 6.07) is 5.60. The molecule has 0 aliphatic carbocycles. The lowest BCUT2D eigenvalue weighted by Gasteiger charge is -2.33. The summed E-state index contributed by atoms with van der Waals surface area (Å²) in [6.45, 7) is 0. The summed E-state index contributed by atoms with van der Waals surface area (Å²) in [5.41, 5.74) is -10.3. The maximum atomic E-state index is 13.6. The fraction of sp³-hybridized carbons (Fsp3) is 0.100. The number of hydrogen-bond acceptors (Lipinski definition) is 8. The van der Waals surface area contributed by atoms with Crippen LogP contribution in [-0.4, -0.2) is 14.8 Å². The van der Waals surface area contributed by atoms with E-state index in [1.165, 1.54) is 18.2 Å². The van der Waals surface area contributed by atoms with E-state index < -0.39 is 72.4 Å². The molecule has 11 nitrogen and oxygen atoms in total. The Balaban J connectivity index is 2.20. The fourth-order valence-corrected chi connectivity index (χ4v) is 3.78. The lowest BCUT2D eigenvalue weighted by molar-refractivity contribution is -0.392. The van der Waals surface area contributed by atoms with Crippen molar-refractivity contribution >= 4 is 45.5 Å². The molecule has 3 aromatic carbocycles. The van der Waals surface area contributed by atoms with Crippen molar-refractivity contribution in [2.75, 3.05) is 10.2 Å². The largest absolute Gasteiger partial charge is 0.416 e. The Morgan fingerprint density at radius 1 is 0.676 bits per heavy atom. The minimum Gasteiger partial charge on any atom is -0.346 e. The molecule has 0 amide bonds. The van der Waals surface area contributed by atoms with Crippen LogP contribution >= 0.6 is 0 Å². The lowest BCUT2D eigenvalue weighted by Crippen LogP contribution is -2.22. The molecule has 17 heteroatoms. The van der Waals surface area contributed by atoms with Gasteiger partial charge >= 0.3 is 23.7 Å². The molecular formula is C20H9F6N5O6. The van der Waals surface area contributed by atoms with E-state index in [0.717, 1.165) is 6.07 Å². The van der Waals surface area contributed by atoms with Crippen LogP contribution < -0.4 is 10.2 Å². The number of nitro groups is 3. The highest BCUT2D eigenvalue weighted by Gasteiger charge is 2.44. The molecule has 0 aromatic heterocycles. The van der Waals surface area contributed by atoms with Gasteiger partial charge in [0.2, 0.25) is 5.69 Å². The van der Waals surface area contributed by atoms with Gasteiger partial charge in [-0.05, 0) is 18.2 Å². The van der Waals surface area contributed by atoms with Crippen molar-refractivity contribution in [3.8, 4) is 0 Å². The summed E-state index contributed by atoms with van der Waals surface area (Å²) in [6.07, 6.45) is -10.4. The quantitative estimate of drug-likeness (QED) is 0.169. The minimum atomic E-state index is -5.25. The molecule has 0 spiro atoms. The Morgan fingerprint density at radius 2 is 1.14 bits per heavy atom. The highest BCUT2D eigenvalue weighted by Crippen LogP contribution is 2.56. The van der Waals surface area contributed by atoms with E-state index >= 15 is 0 Å². The van der Waals surface area contributed by atoms with E-state index in [9.17, 15) is 56.7 Å². The number of nitrogens with one attached hydrogen (secondary N) is 1. The first-order valence-corrected chi connectivity index (χ1v) is 9.71. The van der Waals surface area contributed by atoms with Crippen molar-refractivity contribution in [1.29, 1.82) is 0 Å². The summed E-state index contributed by atoms with van der Waals surface area (Å²) in [4.78, 5) is 31.9. The number of nitro benzene ring substituents is 3. The van der Waals surface area contributed by atoms with Crippen LogP contribution in [0, 0.1) is 30.3 Å². The third-order valence-corrected chi connectivity index (χ3v) is 5.28. The van der Waals surface area contributed by atoms with E-state index in [0.29, 0.717) is 11.0 Å². The number of hydrogen-bond donors (Lipinski definition) is 1. The Morgan fingerprint density at radius 3 is 1.62 bits per heavy atom. The molecule has 1 aliphatic rings. The van der Waals surface area contributed by atoms with Crippen LogP contribution in [0.15, 0.2) is 48.5 Å². The van der Waals surface area contributed by atoms with Gasteiger partial charge < -0.3 is 5.32 Å². The zero-order valence-corrected chi connectivity index (χ0v) is 17.6. The molecule has 1 heterocycles. The predicted octanol–water partition coefficient (Wildman–Crippen LogP) is 6.98. The van der Waals surface area contributed by atoms with Crippen LogP contribution in [0.5, 0.6) is 0 Å². The third kappa shape index (κ3) is 4.30. The molecule has 0 saturated carbocycles. The van der Waals surface area contributed by atoms with E-state index in [4.69, 9.17) is 0 Å². The monoisotopic (exact) mass is 529 g/mol. The van der Waals surface area contributed by atoms with Gasteiger partial charge in [-0.15, -0.1) is 0 Å². The van der Waals surface area contributed by atoms with Crippen LogP contribution in [0.3, 0.4) is 0 Å². The van der Waals surface area contributed by atoms with E-state index in [1.54, 1.807) is 0 Å². The van der Waals surface area contributed by atoms with Gasteiger partial charge in [0.15, 0.2) is 0 Å². The highest BCUT2D eigenvalue weighted by atomic mass is 19.4. The average molecular weight is 529 g/mol. The SMILES string of the molecule is O=[N+]([O-])c1cc(C(F)(F)F)cc2c1Nc1ccccc1N2c1c([N+](=O)[O-])cc(C(F)(F)F)cc1[N+](=O)[O-]. The molecule has 192 valence electrons. The van der Waals surface area contributed by atoms with Crippen LogP contribution in [0.4, 0.5) is 71.8 Å². The second kappa shape index (κ2) is 8.32. The summed E-state index contributed by atoms with van der Waals surface area (Å²) in [5.74, 6) is 0. The Labute approximate surface area is 200 Å². The van der Waals surface area contributed by atoms with Crippen molar-refractivity contribution in [2.45, 2.75) is 12.4 Å². The van der Waals surface area contributed by atoms with Gasteiger partial charge in [0.1, 0.15) is 5.69 Å². The van der Waals surface area contributed by atoms with Gasteiger partial charge in [-0.3, -0.25) is 35.2 Å². The molecule has 3 aromatic rings. The average Bonchev–Trinajstić information content (AvgIpc) is 2.79. The molecular weight excluding hydrogens is 520 g/mol. The van der Waals surface area contributed by atoms with Gasteiger partial charge in [-0.1, -0.05) is 12.1 Å². The van der Waals surface area contributed by atoms with Crippen molar-refractivity contribution < 1.29 is 41.1 Å². The number of halogens is 6. The molecule has 0 unspecified atom stereocenters. The van der Waals surface area contributed by atoms with Crippen molar-refractivity contribution in [3.05, 3.63) is 90.0 Å². The van der Waals surface area contributed by atoms with Gasteiger partial charge in [0.25, 0.3) is 5.69 Å². The maximum Gasteiger partial charge on any atom is 0.416 e. The van der Waals surface area contributed by atoms with Gasteiger partial charge in [-0.25, -0.2) is 0 Å². The Hall–Kier alpha value is -4.96. The first kappa shape index (κ1) is 25.1. The van der Waals surface area contributed by atoms with Crippen LogP contribution in [0.2, 0.25) is 0 Å². The predicted molar refractivity (Wildman–Crippen MR) is 114 cm³/mol. The third-order valence-electron chi connectivity index (χ3n) is 5.28. The topological polar surface area (TPSA) is 145 Å². The fourth-order valence-electron chi connectivity index (χ4n) is 3.78. The number of rotatable bonds is 4. The maximum absolute atomic E-state index is 13.6. The van der Waals surface area contributed by atoms with E-state index in [1.807, 2.05) is 0 Å². The molecule has 0 bridgehead atoms. The zero-order chi connectivity index (χ0) is 27.4. The lowest BCUT2D eigenvalue weighted by atomic mass is 10.0. The van der Waals surface area contributed by atoms with Crippen molar-refractivity contribution in [3.63, 3.8) is 0 Å². The molecule has 0 saturated heterocycles. The number of benzene rings is 3. The smallest absolute Gasteiger partial charge is 0.346 e. The first-order chi connectivity index (χ1) is 17.1. The molecule has 1 aliphatic heterocycles. The summed E-state index contributed by atoms with van der Waals surface area (Å²) in [7, 11) is 0. The molecule has 4 rings (SSSR count). The van der Waals surface area contributed by atoms with Gasteiger partial charge in [0.05, 0.1) is 43.0 Å². The standard InChI is InChI=1S/C20H9F6N5O6/c21-19(22,23)9-5-13-17(14(6-9)29(32)33)27-11-3-1-2-4-12(11)28(13)18-15(30(34)35)7-10(20(24,25)26)8-16(18)31(36)37/h1-8,27H. The number of nitrogens with zero attached hydrogens (tertiary/aromatic N) is 4. The zero-order valence-electron chi connectivity index (χ0n) is 17.6. The summed E-state index contributed by atoms with van der Waals surface area (Å²) in [5, 5.41) is 37.8. The van der Waals surface area contributed by atoms with Crippen molar-refractivity contribution in [1.82, 2.24) is 0 Å². The first-order valence-electron chi connectivity index (χ1n) is 9.71. The molecule has 0 radical (unpaired) electrons. The number of para-hydroxylation sites is 2. The minimum absolute atomic E-state index is 0.00528.